The molecule has 2 N–H and O–H groups in total. The van der Waals surface area contributed by atoms with Gasteiger partial charge in [0.2, 0.25) is 5.91 Å². The molecule has 270 valence electrons. The van der Waals surface area contributed by atoms with Gasteiger partial charge in [-0.2, -0.15) is 0 Å². The van der Waals surface area contributed by atoms with E-state index < -0.39 is 39.2 Å². The molecule has 0 saturated carbocycles. The van der Waals surface area contributed by atoms with Gasteiger partial charge in [-0.25, -0.2) is 4.79 Å². The van der Waals surface area contributed by atoms with Crippen LogP contribution in [0.5, 0.6) is 0 Å². The molecule has 6 rings (SSSR count). The topological polar surface area (TPSA) is 126 Å². The van der Waals surface area contributed by atoms with E-state index in [2.05, 4.69) is 10.3 Å². The lowest BCUT2D eigenvalue weighted by molar-refractivity contribution is -0.155. The number of nitrogens with one attached hydrogen (secondary N) is 1. The number of carbonyl (C=O) groups excluding carboxylic acids is 3. The number of anilines is 1. The van der Waals surface area contributed by atoms with Crippen LogP contribution in [0.2, 0.25) is 19.6 Å². The molecule has 0 spiro atoms. The summed E-state index contributed by atoms with van der Waals surface area (Å²) in [5, 5.41) is 16.5. The lowest BCUT2D eigenvalue weighted by atomic mass is 9.79. The van der Waals surface area contributed by atoms with E-state index in [4.69, 9.17) is 4.43 Å². The number of rotatable bonds is 13. The van der Waals surface area contributed by atoms with Crippen molar-refractivity contribution >= 4 is 65.8 Å². The van der Waals surface area contributed by atoms with Gasteiger partial charge in [0.05, 0.1) is 23.6 Å². The minimum absolute atomic E-state index is 0.0474. The Morgan fingerprint density at radius 3 is 1.77 bits per heavy atom. The van der Waals surface area contributed by atoms with Gasteiger partial charge in [0.1, 0.15) is 5.42 Å². The minimum Gasteiger partial charge on any atom is -0.477 e. The number of aromatic nitrogens is 1. The van der Waals surface area contributed by atoms with Crippen molar-refractivity contribution in [3.8, 4) is 0 Å². The largest absolute Gasteiger partial charge is 0.477 e. The molecule has 1 saturated heterocycles. The average molecular weight is 744 g/mol. The number of hydrogen-bond donors (Lipinski definition) is 2. The third kappa shape index (κ3) is 7.71. The van der Waals surface area contributed by atoms with Gasteiger partial charge in [-0.3, -0.25) is 19.4 Å². The highest BCUT2D eigenvalue weighted by Crippen LogP contribution is 2.50. The van der Waals surface area contributed by atoms with Crippen molar-refractivity contribution in [2.24, 2.45) is 5.92 Å². The Balaban J connectivity index is 1.47. The van der Waals surface area contributed by atoms with E-state index in [0.717, 1.165) is 15.9 Å². The number of aliphatic carboxylic acids is 1. The number of carboxylic acids is 1. The molecule has 5 aromatic rings. The minimum atomic E-state index is -3.24. The third-order valence-corrected chi connectivity index (χ3v) is 14.6. The van der Waals surface area contributed by atoms with Gasteiger partial charge in [-0.15, -0.1) is 0 Å². The second-order valence-electron chi connectivity index (χ2n) is 13.9. The van der Waals surface area contributed by atoms with Crippen LogP contribution >= 0.6 is 6.89 Å². The summed E-state index contributed by atoms with van der Waals surface area (Å²) in [6.07, 6.45) is 2.36. The predicted octanol–water partition coefficient (Wildman–Crippen LogP) is 6.18. The van der Waals surface area contributed by atoms with Gasteiger partial charge in [0, 0.05) is 37.0 Å². The van der Waals surface area contributed by atoms with Crippen molar-refractivity contribution < 1.29 is 28.7 Å². The van der Waals surface area contributed by atoms with Crippen LogP contribution < -0.4 is 21.2 Å². The smallest absolute Gasteiger partial charge is 0.353 e. The van der Waals surface area contributed by atoms with E-state index in [1.54, 1.807) is 42.6 Å². The number of carboxylic acid groups (broad SMARTS) is 1. The van der Waals surface area contributed by atoms with Crippen molar-refractivity contribution in [2.75, 3.05) is 5.32 Å². The lowest BCUT2D eigenvalue weighted by Gasteiger charge is -2.51. The third-order valence-electron chi connectivity index (χ3n) is 9.26. The first-order chi connectivity index (χ1) is 25.4. The summed E-state index contributed by atoms with van der Waals surface area (Å²) < 4.78 is 6.43. The molecule has 1 aliphatic heterocycles. The lowest BCUT2D eigenvalue weighted by Crippen LogP contribution is -2.69. The maximum Gasteiger partial charge on any atom is 0.353 e. The van der Waals surface area contributed by atoms with Crippen molar-refractivity contribution in [3.63, 3.8) is 0 Å². The zero-order chi connectivity index (χ0) is 37.8. The molecule has 9 nitrogen and oxygen atoms in total. The van der Waals surface area contributed by atoms with Crippen molar-refractivity contribution in [2.45, 2.75) is 45.1 Å². The average Bonchev–Trinajstić information content (AvgIpc) is 3.15. The number of pyridine rings is 1. The molecule has 0 radical (unpaired) electrons. The van der Waals surface area contributed by atoms with Crippen LogP contribution in [0.4, 0.5) is 5.69 Å². The number of likely N-dealkylation sites (tertiary alicyclic amines) is 1. The number of β-lactam (4-membered cyclic amide) rings is 1. The second-order valence-corrected chi connectivity index (χ2v) is 21.7. The number of amides is 2. The van der Waals surface area contributed by atoms with Crippen LogP contribution in [0, 0.1) is 5.92 Å². The van der Waals surface area contributed by atoms with Crippen molar-refractivity contribution in [1.82, 2.24) is 9.88 Å². The van der Waals surface area contributed by atoms with E-state index in [9.17, 15) is 24.3 Å². The molecule has 2 amide bonds. The van der Waals surface area contributed by atoms with E-state index in [-0.39, 0.29) is 29.4 Å². The SMILES string of the molecule is C[C@@H](O[Si](C)(C)C)[C@H]1C(=O)N(C(C(=O)O)=P(c2ccccc2)(c2ccccc2)c2ccccc2)[C@@H]1CC(=O)c1ccc(NC(=O)c2cccnc2)cc1. The number of Topliss-reactive ketones (excluding diaryl/α,β-unsaturated/α-hetero) is 1. The highest BCUT2D eigenvalue weighted by molar-refractivity contribution is 7.96. The fourth-order valence-electron chi connectivity index (χ4n) is 7.12. The molecule has 11 heteroatoms. The fourth-order valence-corrected chi connectivity index (χ4v) is 12.7. The molecule has 0 unspecified atom stereocenters. The van der Waals surface area contributed by atoms with E-state index in [0.29, 0.717) is 16.8 Å². The predicted molar refractivity (Wildman–Crippen MR) is 213 cm³/mol. The maximum absolute atomic E-state index is 14.6. The number of benzene rings is 4. The summed E-state index contributed by atoms with van der Waals surface area (Å²) in [5.41, 5.74) is 1.21. The Bertz CT molecular complexity index is 2060. The van der Waals surface area contributed by atoms with Crippen LogP contribution in [0.15, 0.2) is 140 Å². The molecule has 1 aliphatic rings. The summed E-state index contributed by atoms with van der Waals surface area (Å²) in [5.74, 6) is -2.96. The molecule has 3 atom stereocenters. The number of carbonyl (C=O) groups is 4. The first-order valence-electron chi connectivity index (χ1n) is 17.4. The quantitative estimate of drug-likeness (QED) is 0.0639. The first kappa shape index (κ1) is 37.3. The van der Waals surface area contributed by atoms with Gasteiger partial charge in [-0.1, -0.05) is 91.0 Å². The van der Waals surface area contributed by atoms with Crippen LogP contribution in [0.25, 0.3) is 0 Å². The van der Waals surface area contributed by atoms with Crippen molar-refractivity contribution in [3.05, 3.63) is 151 Å². The van der Waals surface area contributed by atoms with E-state index in [1.807, 2.05) is 118 Å². The molecule has 4 aromatic carbocycles. The molecule has 1 fully saturated rings. The molecule has 0 bridgehead atoms. The van der Waals surface area contributed by atoms with Gasteiger partial charge >= 0.3 is 5.97 Å². The number of hydrogen-bond acceptors (Lipinski definition) is 6. The molecule has 2 heterocycles. The Hall–Kier alpha value is -5.41. The molecular formula is C42H42N3O6PSi. The van der Waals surface area contributed by atoms with Gasteiger partial charge in [0.25, 0.3) is 5.91 Å². The summed E-state index contributed by atoms with van der Waals surface area (Å²) in [6.45, 7) is 4.69. The highest BCUT2D eigenvalue weighted by Gasteiger charge is 2.56. The van der Waals surface area contributed by atoms with Crippen LogP contribution in [0.1, 0.15) is 34.1 Å². The molecular weight excluding hydrogens is 702 g/mol. The maximum atomic E-state index is 14.6. The van der Waals surface area contributed by atoms with Crippen molar-refractivity contribution in [1.29, 1.82) is 0 Å². The van der Waals surface area contributed by atoms with Crippen LogP contribution in [-0.2, 0) is 14.0 Å². The first-order valence-corrected chi connectivity index (χ1v) is 22.6. The molecule has 0 aliphatic carbocycles. The highest BCUT2D eigenvalue weighted by atomic mass is 31.2. The number of nitrogens with zero attached hydrogens (tertiary/aromatic N) is 2. The van der Waals surface area contributed by atoms with Crippen LogP contribution in [0.3, 0.4) is 0 Å². The summed E-state index contributed by atoms with van der Waals surface area (Å²) in [7, 11) is -2.15. The summed E-state index contributed by atoms with van der Waals surface area (Å²) in [4.78, 5) is 60.7. The van der Waals surface area contributed by atoms with Gasteiger partial charge in [-0.05, 0) is 78.9 Å². The van der Waals surface area contributed by atoms with E-state index in [1.165, 1.54) is 11.1 Å². The monoisotopic (exact) mass is 743 g/mol. The Morgan fingerprint density at radius 1 is 0.792 bits per heavy atom. The Kier molecular flexibility index (Phi) is 11.0. The van der Waals surface area contributed by atoms with Gasteiger partial charge < -0.3 is 19.7 Å². The Labute approximate surface area is 310 Å². The standard InChI is InChI=1S/C42H42N3O6PSi/c1-29(51-53(2,3)4)38-36(27-37(46)30-22-24-32(25-23-30)44-39(47)31-15-14-26-43-28-31)45(40(38)48)41(42(49)50)52(33-16-8-5-9-17-33,34-18-10-6-11-19-34)35-20-12-7-13-21-35/h5-26,28-29,36,38H,27H2,1-4H3,(H,44,47)(H,49,50)/t29-,36-,38-/m1/s1. The molecule has 1 aromatic heterocycles. The normalized spacial score (nSPS) is 16.3. The zero-order valence-electron chi connectivity index (χ0n) is 30.0. The summed E-state index contributed by atoms with van der Waals surface area (Å²) in [6, 6.07) is 37.5. The fraction of sp³-hybridized carbons (Fsp3) is 0.190. The van der Waals surface area contributed by atoms with E-state index >= 15 is 0 Å². The van der Waals surface area contributed by atoms with Crippen LogP contribution in [-0.4, -0.2) is 64.4 Å². The van der Waals surface area contributed by atoms with Gasteiger partial charge in [0.15, 0.2) is 14.1 Å². The number of ketones is 1. The Morgan fingerprint density at radius 2 is 1.32 bits per heavy atom. The molecule has 53 heavy (non-hydrogen) atoms. The second kappa shape index (κ2) is 15.7. The zero-order valence-corrected chi connectivity index (χ0v) is 31.9. The summed E-state index contributed by atoms with van der Waals surface area (Å²) >= 11 is 0.